The first kappa shape index (κ1) is 55.8. The van der Waals surface area contributed by atoms with E-state index in [2.05, 4.69) is 4.52 Å². The van der Waals surface area contributed by atoms with Crippen molar-refractivity contribution >= 4 is 41.2 Å². The Bertz CT molecular complexity index is 1540. The predicted octanol–water partition coefficient (Wildman–Crippen LogP) is -1.20. The van der Waals surface area contributed by atoms with E-state index in [0.717, 1.165) is 12.8 Å². The second-order valence-corrected chi connectivity index (χ2v) is 19.6. The molecular formula is C35H66N6O19P3-3. The number of β-amino-alcohol motifs (C(OH)–C–C–N with tert-alkyl or cyclic N) is 1. The van der Waals surface area contributed by atoms with Gasteiger partial charge in [0.25, 0.3) is 23.5 Å². The molecule has 25 nitrogen and oxygen atoms in total. The minimum absolute atomic E-state index is 0.0175. The molecule has 3 amide bonds. The number of phosphoric ester groups is 3. The quantitative estimate of drug-likeness (QED) is 0.0223. The molecule has 3 rings (SSSR count). The van der Waals surface area contributed by atoms with Gasteiger partial charge in [-0.3, -0.25) is 28.1 Å². The lowest BCUT2D eigenvalue weighted by molar-refractivity contribution is -0.321. The minimum atomic E-state index is -5.28. The van der Waals surface area contributed by atoms with Crippen LogP contribution in [0.15, 0.2) is 0 Å². The monoisotopic (exact) mass is 967 g/mol. The first-order valence-corrected chi connectivity index (χ1v) is 25.8. The van der Waals surface area contributed by atoms with Crippen molar-refractivity contribution in [1.29, 1.82) is 0 Å². The fourth-order valence-electron chi connectivity index (χ4n) is 7.38. The maximum absolute atomic E-state index is 13.3. The highest BCUT2D eigenvalue weighted by Gasteiger charge is 2.40. The molecule has 63 heavy (non-hydrogen) atoms. The molecule has 0 spiro atoms. The van der Waals surface area contributed by atoms with E-state index in [4.69, 9.17) is 55.0 Å². The Morgan fingerprint density at radius 1 is 0.540 bits per heavy atom. The van der Waals surface area contributed by atoms with Gasteiger partial charge in [-0.05, 0) is 64.6 Å². The van der Waals surface area contributed by atoms with Crippen molar-refractivity contribution in [2.45, 2.75) is 133 Å². The number of amides is 3. The number of aliphatic hydroxyl groups excluding tert-OH is 2. The molecule has 3 aliphatic rings. The number of hydrogen-bond acceptors (Lipinski definition) is 22. The van der Waals surface area contributed by atoms with Gasteiger partial charge in [0.1, 0.15) is 12.2 Å². The first-order chi connectivity index (χ1) is 29.9. The molecule has 0 aliphatic carbocycles. The lowest BCUT2D eigenvalue weighted by Gasteiger charge is -2.28. The van der Waals surface area contributed by atoms with Crippen LogP contribution in [0.1, 0.15) is 96.3 Å². The van der Waals surface area contributed by atoms with Crippen LogP contribution in [0.2, 0.25) is 0 Å². The number of nitrogens with two attached hydrogens (primary N) is 3. The van der Waals surface area contributed by atoms with Crippen molar-refractivity contribution in [2.75, 3.05) is 72.3 Å². The van der Waals surface area contributed by atoms with Crippen LogP contribution in [0.25, 0.3) is 0 Å². The molecule has 368 valence electrons. The van der Waals surface area contributed by atoms with Gasteiger partial charge in [0.15, 0.2) is 0 Å². The van der Waals surface area contributed by atoms with E-state index in [-0.39, 0.29) is 70.0 Å². The average Bonchev–Trinajstić information content (AvgIpc) is 3.97. The summed E-state index contributed by atoms with van der Waals surface area (Å²) in [7, 11) is -15.3. The van der Waals surface area contributed by atoms with E-state index in [0.29, 0.717) is 64.6 Å². The van der Waals surface area contributed by atoms with Crippen molar-refractivity contribution in [2.24, 2.45) is 17.2 Å². The Hall–Kier alpha value is -1.54. The number of rotatable bonds is 33. The smallest absolute Gasteiger partial charge is 0.298 e. The van der Waals surface area contributed by atoms with Crippen molar-refractivity contribution in [1.82, 2.24) is 14.7 Å². The molecule has 0 radical (unpaired) electrons. The highest BCUT2D eigenvalue weighted by atomic mass is 31.2. The number of aliphatic hydroxyl groups is 2. The van der Waals surface area contributed by atoms with Crippen LogP contribution in [0, 0.1) is 0 Å². The Labute approximate surface area is 367 Å². The van der Waals surface area contributed by atoms with Gasteiger partial charge in [-0.1, -0.05) is 19.3 Å². The fraction of sp³-hybridized carbons (Fsp3) is 0.914. The van der Waals surface area contributed by atoms with Crippen LogP contribution in [0.5, 0.6) is 0 Å². The molecule has 8 N–H and O–H groups in total. The van der Waals surface area contributed by atoms with Gasteiger partial charge in [0.05, 0.1) is 70.4 Å². The van der Waals surface area contributed by atoms with Crippen LogP contribution in [0.4, 0.5) is 0 Å². The van der Waals surface area contributed by atoms with Gasteiger partial charge in [-0.2, -0.15) is 9.35 Å². The number of carbonyl (C=O) groups is 3. The maximum Gasteiger partial charge on any atom is 0.298 e. The van der Waals surface area contributed by atoms with Crippen molar-refractivity contribution < 1.29 is 90.2 Å². The van der Waals surface area contributed by atoms with Crippen molar-refractivity contribution in [3.8, 4) is 0 Å². The standard InChI is InChI=1S/C35H69N6O19P3/c36-13-7-1-4-10-33(44)39-21-30(43)18-27(39)24-55-62(49,50)59-58-32-20-29(41(23-32)35(46)12-6-3-9-15-38)26-56-63(51,52)60-57-31-19-28(25-54-61(47,48)53-17-16-42)40(22-31)34(45)11-5-2-8-14-37/h27-32,42-43H,1-26,36-38H2,(H,47,48)(H,49,50)(H,51,52)/p-3/t27-,28-,29-,30+,31+,32+/m0/s1. The summed E-state index contributed by atoms with van der Waals surface area (Å²) >= 11 is 0. The third-order valence-corrected chi connectivity index (χ3v) is 13.0. The molecule has 3 heterocycles. The first-order valence-electron chi connectivity index (χ1n) is 21.4. The summed E-state index contributed by atoms with van der Waals surface area (Å²) in [4.78, 5) is 91.1. The van der Waals surface area contributed by atoms with Crippen LogP contribution < -0.4 is 31.9 Å². The number of likely N-dealkylation sites (tertiary alicyclic amines) is 3. The van der Waals surface area contributed by atoms with Crippen LogP contribution in [-0.2, 0) is 65.3 Å². The highest BCUT2D eigenvalue weighted by Crippen LogP contribution is 2.44. The summed E-state index contributed by atoms with van der Waals surface area (Å²) in [5, 5.41) is 19.1. The highest BCUT2D eigenvalue weighted by molar-refractivity contribution is 7.46. The lowest BCUT2D eigenvalue weighted by Crippen LogP contribution is -2.39. The summed E-state index contributed by atoms with van der Waals surface area (Å²) in [5.41, 5.74) is 16.6. The van der Waals surface area contributed by atoms with E-state index in [1.54, 1.807) is 0 Å². The third kappa shape index (κ3) is 20.9. The predicted molar refractivity (Wildman–Crippen MR) is 215 cm³/mol. The van der Waals surface area contributed by atoms with Crippen LogP contribution in [-0.4, -0.2) is 151 Å². The normalized spacial score (nSPS) is 25.6. The van der Waals surface area contributed by atoms with E-state index in [9.17, 15) is 47.9 Å². The Morgan fingerprint density at radius 3 is 1.29 bits per heavy atom. The SMILES string of the molecule is NCCCCCC(=O)N1C[C@H](O)C[C@H]1COP(=O)([O-])OO[C@@H]1C[C@@H](COP(=O)([O-])OO[C@@H]2C[C@@H](COP(=O)([O-])OCCO)N(C(=O)CCCCCN)C2)N(C(=O)CCCCCN)C1. The zero-order chi connectivity index (χ0) is 46.5. The molecule has 0 aromatic heterocycles. The zero-order valence-electron chi connectivity index (χ0n) is 35.6. The lowest BCUT2D eigenvalue weighted by atomic mass is 10.1. The maximum atomic E-state index is 13.3. The molecule has 0 saturated carbocycles. The largest absolute Gasteiger partial charge is 0.756 e. The number of hydrogen-bond donors (Lipinski definition) is 5. The minimum Gasteiger partial charge on any atom is -0.756 e. The summed E-state index contributed by atoms with van der Waals surface area (Å²) in [6, 6.07) is -2.61. The van der Waals surface area contributed by atoms with Gasteiger partial charge in [-0.15, -0.1) is 0 Å². The molecule has 28 heteroatoms. The molecule has 0 aromatic carbocycles. The summed E-state index contributed by atoms with van der Waals surface area (Å²) in [6.07, 6.45) is 2.85. The fourth-order valence-corrected chi connectivity index (χ4v) is 9.37. The Morgan fingerprint density at radius 2 is 0.905 bits per heavy atom. The molecule has 3 fully saturated rings. The molecule has 3 unspecified atom stereocenters. The summed E-state index contributed by atoms with van der Waals surface area (Å²) in [5.74, 6) is -1.05. The second-order valence-electron chi connectivity index (χ2n) is 15.6. The van der Waals surface area contributed by atoms with Crippen LogP contribution in [0.3, 0.4) is 0 Å². The number of carbonyl (C=O) groups excluding carboxylic acids is 3. The van der Waals surface area contributed by atoms with Crippen molar-refractivity contribution in [3.63, 3.8) is 0 Å². The molecule has 3 saturated heterocycles. The van der Waals surface area contributed by atoms with Gasteiger partial charge in [0.2, 0.25) is 17.7 Å². The van der Waals surface area contributed by atoms with Gasteiger partial charge in [-0.25, -0.2) is 9.78 Å². The third-order valence-electron chi connectivity index (χ3n) is 10.5. The van der Waals surface area contributed by atoms with Gasteiger partial charge >= 0.3 is 0 Å². The van der Waals surface area contributed by atoms with E-state index < -0.39 is 98.8 Å². The van der Waals surface area contributed by atoms with E-state index in [1.165, 1.54) is 14.7 Å². The van der Waals surface area contributed by atoms with Crippen molar-refractivity contribution in [3.05, 3.63) is 0 Å². The van der Waals surface area contributed by atoms with Gasteiger partial charge in [0, 0.05) is 38.6 Å². The molecule has 0 aromatic rings. The number of phosphoric acid groups is 3. The Kier molecular flexibility index (Phi) is 25.3. The van der Waals surface area contributed by atoms with E-state index >= 15 is 0 Å². The molecule has 0 bridgehead atoms. The molecule has 9 atom stereocenters. The molecular weight excluding hydrogens is 901 g/mol. The summed E-state index contributed by atoms with van der Waals surface area (Å²) < 4.78 is 66.7. The average molecular weight is 968 g/mol. The zero-order valence-corrected chi connectivity index (χ0v) is 38.3. The number of unbranched alkanes of at least 4 members (excludes halogenated alkanes) is 6. The van der Waals surface area contributed by atoms with Gasteiger partial charge < -0.3 is 74.9 Å². The number of nitrogens with zero attached hydrogens (tertiary/aromatic N) is 3. The molecule has 3 aliphatic heterocycles. The Balaban J connectivity index is 1.58. The topological polar surface area (TPSA) is 374 Å². The van der Waals surface area contributed by atoms with Crippen LogP contribution >= 0.6 is 23.5 Å². The van der Waals surface area contributed by atoms with E-state index in [1.807, 2.05) is 0 Å². The summed E-state index contributed by atoms with van der Waals surface area (Å²) in [6.45, 7) is -1.88. The second kappa shape index (κ2) is 28.6.